The van der Waals surface area contributed by atoms with Gasteiger partial charge in [-0.05, 0) is 66.7 Å². The monoisotopic (exact) mass is 547 g/mol. The number of carbonyl (C=O) groups is 6. The zero-order chi connectivity index (χ0) is 28.7. The quantitative estimate of drug-likeness (QED) is 0.211. The number of nitrogens with one attached hydrogen (secondary N) is 4. The molecule has 3 heterocycles. The number of hydrogen-bond donors (Lipinski definition) is 4. The van der Waals surface area contributed by atoms with E-state index in [9.17, 15) is 28.8 Å². The maximum Gasteiger partial charge on any atom is 0.258 e. The highest BCUT2D eigenvalue weighted by Gasteiger charge is 2.28. The molecule has 0 radical (unpaired) electrons. The highest BCUT2D eigenvalue weighted by Crippen LogP contribution is 2.22. The average Bonchev–Trinajstić information content (AvgIpc) is 3.62. The van der Waals surface area contributed by atoms with E-state index in [2.05, 4.69) is 26.3 Å². The normalized spacial score (nSPS) is 13.6. The predicted molar refractivity (Wildman–Crippen MR) is 145 cm³/mol. The second-order valence-corrected chi connectivity index (χ2v) is 9.00. The Labute approximate surface area is 230 Å². The Morgan fingerprint density at radius 3 is 1.76 bits per heavy atom. The van der Waals surface area contributed by atoms with Crippen molar-refractivity contribution in [2.24, 2.45) is 4.99 Å². The molecular weight excluding hydrogens is 530 g/mol. The molecule has 41 heavy (non-hydrogen) atoms. The van der Waals surface area contributed by atoms with E-state index in [-0.39, 0.29) is 39.3 Å². The van der Waals surface area contributed by atoms with Crippen molar-refractivity contribution in [1.82, 2.24) is 10.6 Å². The van der Waals surface area contributed by atoms with E-state index >= 15 is 0 Å². The third-order valence-corrected chi connectivity index (χ3v) is 6.33. The Morgan fingerprint density at radius 1 is 0.634 bits per heavy atom. The van der Waals surface area contributed by atoms with Crippen LogP contribution in [0.25, 0.3) is 0 Å². The van der Waals surface area contributed by atoms with Gasteiger partial charge >= 0.3 is 0 Å². The van der Waals surface area contributed by atoms with Crippen LogP contribution in [0, 0.1) is 0 Å². The largest absolute Gasteiger partial charge is 0.439 e. The first-order chi connectivity index (χ1) is 19.7. The van der Waals surface area contributed by atoms with Gasteiger partial charge in [0.2, 0.25) is 0 Å². The van der Waals surface area contributed by atoms with Crippen LogP contribution in [0.3, 0.4) is 0 Å². The topological polar surface area (TPSA) is 176 Å². The van der Waals surface area contributed by atoms with Crippen molar-refractivity contribution in [3.63, 3.8) is 0 Å². The first-order valence-electron chi connectivity index (χ1n) is 12.1. The van der Waals surface area contributed by atoms with Gasteiger partial charge in [-0.25, -0.2) is 0 Å². The Kier molecular flexibility index (Phi) is 6.04. The van der Waals surface area contributed by atoms with Gasteiger partial charge in [-0.3, -0.25) is 49.7 Å². The van der Waals surface area contributed by atoms with E-state index in [1.54, 1.807) is 36.4 Å². The van der Waals surface area contributed by atoms with Crippen LogP contribution in [0.1, 0.15) is 67.9 Å². The number of anilines is 2. The minimum atomic E-state index is -0.556. The summed E-state index contributed by atoms with van der Waals surface area (Å²) < 4.78 is 5.58. The fraction of sp³-hybridized carbons (Fsp3) is 0. The number of hydrogen-bond acceptors (Lipinski definition) is 8. The van der Waals surface area contributed by atoms with Gasteiger partial charge in [0, 0.05) is 22.9 Å². The molecule has 0 unspecified atom stereocenters. The molecular formula is C29H17N5O7. The molecule has 0 aliphatic carbocycles. The van der Waals surface area contributed by atoms with Crippen molar-refractivity contribution in [2.75, 3.05) is 10.6 Å². The summed E-state index contributed by atoms with van der Waals surface area (Å²) in [5, 5.41) is 9.67. The Bertz CT molecular complexity index is 1850. The molecule has 4 aromatic rings. The molecule has 12 nitrogen and oxygen atoms in total. The fourth-order valence-corrected chi connectivity index (χ4v) is 4.26. The maximum absolute atomic E-state index is 12.6. The van der Waals surface area contributed by atoms with Gasteiger partial charge < -0.3 is 9.73 Å². The van der Waals surface area contributed by atoms with Crippen LogP contribution >= 0.6 is 0 Å². The predicted octanol–water partition coefficient (Wildman–Crippen LogP) is 3.30. The molecule has 0 fully saturated rings. The summed E-state index contributed by atoms with van der Waals surface area (Å²) in [6.45, 7) is 0. The Morgan fingerprint density at radius 2 is 1.17 bits per heavy atom. The molecule has 2 aliphatic heterocycles. The first kappa shape index (κ1) is 25.1. The maximum atomic E-state index is 12.6. The summed E-state index contributed by atoms with van der Waals surface area (Å²) in [5.74, 6) is -2.54. The lowest BCUT2D eigenvalue weighted by Gasteiger charge is -2.06. The van der Waals surface area contributed by atoms with Crippen LogP contribution in [0.15, 0.2) is 82.2 Å². The zero-order valence-corrected chi connectivity index (χ0v) is 20.8. The van der Waals surface area contributed by atoms with Crippen molar-refractivity contribution >= 4 is 58.9 Å². The number of benzene rings is 3. The zero-order valence-electron chi connectivity index (χ0n) is 20.8. The second-order valence-electron chi connectivity index (χ2n) is 9.00. The van der Waals surface area contributed by atoms with Crippen molar-refractivity contribution in [3.8, 4) is 0 Å². The molecule has 200 valence electrons. The average molecular weight is 547 g/mol. The third kappa shape index (κ3) is 4.88. The summed E-state index contributed by atoms with van der Waals surface area (Å²) in [6, 6.07) is 18.2. The number of furan rings is 1. The van der Waals surface area contributed by atoms with Crippen LogP contribution in [-0.2, 0) is 0 Å². The molecule has 0 spiro atoms. The van der Waals surface area contributed by atoms with Crippen LogP contribution in [-0.4, -0.2) is 41.7 Å². The minimum Gasteiger partial charge on any atom is -0.439 e. The summed E-state index contributed by atoms with van der Waals surface area (Å²) >= 11 is 0. The highest BCUT2D eigenvalue weighted by atomic mass is 16.4. The lowest BCUT2D eigenvalue weighted by Crippen LogP contribution is -2.19. The number of rotatable bonds is 6. The molecule has 2 aliphatic rings. The van der Waals surface area contributed by atoms with Crippen LogP contribution in [0.4, 0.5) is 17.3 Å². The van der Waals surface area contributed by atoms with Crippen molar-refractivity contribution in [3.05, 3.63) is 112 Å². The molecule has 0 bridgehead atoms. The number of amides is 6. The molecule has 1 aromatic heterocycles. The molecule has 0 saturated heterocycles. The van der Waals surface area contributed by atoms with E-state index in [0.29, 0.717) is 17.1 Å². The molecule has 0 atom stereocenters. The van der Waals surface area contributed by atoms with Crippen LogP contribution in [0.2, 0.25) is 0 Å². The van der Waals surface area contributed by atoms with Gasteiger partial charge in [0.15, 0.2) is 5.88 Å². The Balaban J connectivity index is 1.06. The number of nitrogens with zero attached hydrogens (tertiary/aromatic N) is 1. The highest BCUT2D eigenvalue weighted by molar-refractivity contribution is 6.23. The van der Waals surface area contributed by atoms with Crippen molar-refractivity contribution < 1.29 is 33.2 Å². The molecule has 3 aromatic carbocycles. The van der Waals surface area contributed by atoms with Crippen molar-refractivity contribution in [2.45, 2.75) is 0 Å². The van der Waals surface area contributed by atoms with Gasteiger partial charge in [0.25, 0.3) is 35.4 Å². The summed E-state index contributed by atoms with van der Waals surface area (Å²) in [6.07, 6.45) is 1.45. The molecule has 12 heteroatoms. The van der Waals surface area contributed by atoms with E-state index in [0.717, 1.165) is 0 Å². The second kappa shape index (κ2) is 9.85. The molecule has 6 rings (SSSR count). The molecule has 0 saturated carbocycles. The molecule has 6 amide bonds. The summed E-state index contributed by atoms with van der Waals surface area (Å²) in [5.41, 5.74) is 2.20. The number of imide groups is 2. The van der Waals surface area contributed by atoms with Crippen molar-refractivity contribution in [1.29, 1.82) is 0 Å². The fourth-order valence-electron chi connectivity index (χ4n) is 4.26. The number of fused-ring (bicyclic) bond motifs is 2. The Hall–Kier alpha value is -6.17. The lowest BCUT2D eigenvalue weighted by molar-refractivity contribution is 0.0863. The number of carbonyl (C=O) groups excluding carboxylic acids is 6. The van der Waals surface area contributed by atoms with E-state index in [1.165, 1.54) is 42.6 Å². The van der Waals surface area contributed by atoms with Gasteiger partial charge in [-0.15, -0.1) is 0 Å². The van der Waals surface area contributed by atoms with Gasteiger partial charge in [-0.2, -0.15) is 0 Å². The smallest absolute Gasteiger partial charge is 0.258 e. The standard InChI is InChI=1S/C29H17N5O7/c35-24(14-1-8-19-21(11-14)28(39)33-26(19)37)31-17-5-3-16(4-6-17)30-13-18-7-10-23(41-18)32-25(36)15-2-9-20-22(12-15)29(40)34-27(20)38/h1-13H,(H,31,35)(H,32,36)(H,33,37,39)(H,34,38,40). The van der Waals surface area contributed by atoms with E-state index in [1.807, 2.05) is 0 Å². The summed E-state index contributed by atoms with van der Waals surface area (Å²) in [7, 11) is 0. The SMILES string of the molecule is O=C(Nc1ccc(N=Cc2ccc(NC(=O)c3ccc4c(c3)C(=O)NC4=O)o2)cc1)c1ccc2c(c1)C(=O)NC2=O. The van der Waals surface area contributed by atoms with Gasteiger partial charge in [-0.1, -0.05) is 0 Å². The first-order valence-corrected chi connectivity index (χ1v) is 12.1. The van der Waals surface area contributed by atoms with Gasteiger partial charge in [0.05, 0.1) is 34.2 Å². The van der Waals surface area contributed by atoms with E-state index < -0.39 is 35.4 Å². The summed E-state index contributed by atoms with van der Waals surface area (Å²) in [4.78, 5) is 76.6. The van der Waals surface area contributed by atoms with Gasteiger partial charge in [0.1, 0.15) is 5.76 Å². The lowest BCUT2D eigenvalue weighted by atomic mass is 10.1. The number of aliphatic imine (C=N–C) groups is 1. The molecule has 4 N–H and O–H groups in total. The third-order valence-electron chi connectivity index (χ3n) is 6.33. The van der Waals surface area contributed by atoms with E-state index in [4.69, 9.17) is 4.42 Å². The minimum absolute atomic E-state index is 0.135. The van der Waals surface area contributed by atoms with Crippen LogP contribution < -0.4 is 21.3 Å². The van der Waals surface area contributed by atoms with Crippen LogP contribution in [0.5, 0.6) is 0 Å².